The molecule has 4 aromatic carbocycles. The molecule has 0 radical (unpaired) electrons. The first-order chi connectivity index (χ1) is 25.4. The topological polar surface area (TPSA) is 136 Å². The number of carbonyl (C=O) groups excluding carboxylic acids is 2. The van der Waals surface area contributed by atoms with Crippen LogP contribution in [0.15, 0.2) is 78.9 Å². The maximum atomic E-state index is 13.2. The minimum absolute atomic E-state index is 0.100. The van der Waals surface area contributed by atoms with Crippen LogP contribution < -0.4 is 0 Å². The van der Waals surface area contributed by atoms with Crippen molar-refractivity contribution in [2.45, 2.75) is 58.8 Å². The fraction of sp³-hybridized carbons (Fsp3) is 0.390. The van der Waals surface area contributed by atoms with Crippen LogP contribution in [0.5, 0.6) is 0 Å². The van der Waals surface area contributed by atoms with E-state index in [0.29, 0.717) is 32.8 Å². The van der Waals surface area contributed by atoms with Gasteiger partial charge >= 0.3 is 18.0 Å². The van der Waals surface area contributed by atoms with Crippen LogP contribution in [0.1, 0.15) is 65.7 Å². The normalized spacial score (nSPS) is 14.4. The second-order valence-corrected chi connectivity index (χ2v) is 14.4. The highest BCUT2D eigenvalue weighted by Crippen LogP contribution is 2.35. The molecule has 1 saturated heterocycles. The molecule has 6 rings (SSSR count). The quantitative estimate of drug-likeness (QED) is 0.107. The van der Waals surface area contributed by atoms with Gasteiger partial charge in [0.05, 0.1) is 37.3 Å². The largest absolute Gasteiger partial charge is 0.478 e. The number of carbonyl (C=O) groups is 3. The maximum Gasteiger partial charge on any atom is 0.410 e. The van der Waals surface area contributed by atoms with Gasteiger partial charge in [-0.3, -0.25) is 9.69 Å². The van der Waals surface area contributed by atoms with E-state index in [1.165, 1.54) is 0 Å². The molecule has 0 bridgehead atoms. The van der Waals surface area contributed by atoms with E-state index in [9.17, 15) is 19.5 Å². The maximum absolute atomic E-state index is 13.2. The van der Waals surface area contributed by atoms with Crippen molar-refractivity contribution < 1.29 is 33.7 Å². The van der Waals surface area contributed by atoms with Crippen molar-refractivity contribution in [3.05, 3.63) is 107 Å². The Morgan fingerprint density at radius 1 is 0.868 bits per heavy atom. The molecule has 1 N–H and O–H groups in total. The number of amides is 1. The number of rotatable bonds is 13. The number of carboxylic acids is 1. The second-order valence-electron chi connectivity index (χ2n) is 14.4. The number of carboxylic acid groups (broad SMARTS) is 1. The number of aromatic nitrogens is 3. The first kappa shape index (κ1) is 37.4. The van der Waals surface area contributed by atoms with Gasteiger partial charge in [-0.2, -0.15) is 0 Å². The zero-order valence-electron chi connectivity index (χ0n) is 30.8. The van der Waals surface area contributed by atoms with Gasteiger partial charge < -0.3 is 24.2 Å². The van der Waals surface area contributed by atoms with Gasteiger partial charge in [0, 0.05) is 38.6 Å². The number of benzene rings is 4. The third-order valence-electron chi connectivity index (χ3n) is 9.50. The van der Waals surface area contributed by atoms with Crippen LogP contribution in [-0.2, 0) is 32.2 Å². The van der Waals surface area contributed by atoms with Crippen LogP contribution in [0.4, 0.5) is 4.79 Å². The van der Waals surface area contributed by atoms with E-state index in [-0.39, 0.29) is 36.6 Å². The number of nitrogens with zero attached hydrogens (tertiary/aromatic N) is 5. The van der Waals surface area contributed by atoms with E-state index >= 15 is 0 Å². The average molecular weight is 722 g/mol. The summed E-state index contributed by atoms with van der Waals surface area (Å²) in [5.41, 5.74) is 4.84. The summed E-state index contributed by atoms with van der Waals surface area (Å²) in [7, 11) is 0. The molecule has 1 aromatic heterocycles. The molecule has 278 valence electrons. The summed E-state index contributed by atoms with van der Waals surface area (Å²) >= 11 is 0. The summed E-state index contributed by atoms with van der Waals surface area (Å²) in [6.07, 6.45) is -0.182. The van der Waals surface area contributed by atoms with Gasteiger partial charge in [0.25, 0.3) is 0 Å². The van der Waals surface area contributed by atoms with Gasteiger partial charge in [0.1, 0.15) is 17.7 Å². The van der Waals surface area contributed by atoms with Crippen LogP contribution in [0, 0.1) is 6.92 Å². The predicted octanol–water partition coefficient (Wildman–Crippen LogP) is 6.43. The zero-order valence-corrected chi connectivity index (χ0v) is 30.8. The molecule has 12 heteroatoms. The van der Waals surface area contributed by atoms with E-state index in [0.717, 1.165) is 63.7 Å². The smallest absolute Gasteiger partial charge is 0.410 e. The molecule has 0 spiro atoms. The monoisotopic (exact) mass is 721 g/mol. The summed E-state index contributed by atoms with van der Waals surface area (Å²) in [6.45, 7) is 12.8. The number of esters is 1. The molecular formula is C41H47N5O7. The van der Waals surface area contributed by atoms with Crippen LogP contribution in [-0.4, -0.2) is 99.5 Å². The van der Waals surface area contributed by atoms with Gasteiger partial charge in [-0.1, -0.05) is 65.9 Å². The lowest BCUT2D eigenvalue weighted by atomic mass is 9.84. The lowest BCUT2D eigenvalue weighted by Gasteiger charge is -2.33. The lowest BCUT2D eigenvalue weighted by Crippen LogP contribution is -2.49. The summed E-state index contributed by atoms with van der Waals surface area (Å²) in [5.74, 6) is -1.68. The summed E-state index contributed by atoms with van der Waals surface area (Å²) in [4.78, 5) is 41.4. The summed E-state index contributed by atoms with van der Waals surface area (Å²) in [5, 5.41) is 20.2. The molecule has 1 fully saturated rings. The number of hydrogen-bond donors (Lipinski definition) is 1. The molecule has 0 saturated carbocycles. The Bertz CT molecular complexity index is 2070. The van der Waals surface area contributed by atoms with E-state index < -0.39 is 11.6 Å². The Morgan fingerprint density at radius 2 is 1.60 bits per heavy atom. The Balaban J connectivity index is 1.06. The van der Waals surface area contributed by atoms with Crippen molar-refractivity contribution in [1.29, 1.82) is 0 Å². The van der Waals surface area contributed by atoms with Crippen LogP contribution in [0.25, 0.3) is 21.8 Å². The molecule has 12 nitrogen and oxygen atoms in total. The number of aryl methyl sites for hydroxylation is 1. The average Bonchev–Trinajstić information content (AvgIpc) is 3.56. The highest BCUT2D eigenvalue weighted by atomic mass is 16.6. The number of aromatic carboxylic acids is 1. The molecule has 1 unspecified atom stereocenters. The van der Waals surface area contributed by atoms with Crippen molar-refractivity contribution in [3.8, 4) is 0 Å². The van der Waals surface area contributed by atoms with Gasteiger partial charge in [0.2, 0.25) is 0 Å². The van der Waals surface area contributed by atoms with Crippen molar-refractivity contribution in [3.63, 3.8) is 0 Å². The number of ether oxygens (including phenoxy) is 3. The van der Waals surface area contributed by atoms with E-state index in [1.54, 1.807) is 23.1 Å². The number of hydrogen-bond acceptors (Lipinski definition) is 9. The Morgan fingerprint density at radius 3 is 2.34 bits per heavy atom. The number of fused-ring (bicyclic) bond motifs is 2. The third kappa shape index (κ3) is 9.57. The van der Waals surface area contributed by atoms with Crippen molar-refractivity contribution in [1.82, 2.24) is 24.8 Å². The lowest BCUT2D eigenvalue weighted by molar-refractivity contribution is -0.155. The third-order valence-corrected chi connectivity index (χ3v) is 9.50. The first-order valence-corrected chi connectivity index (χ1v) is 18.0. The van der Waals surface area contributed by atoms with Crippen LogP contribution >= 0.6 is 0 Å². The molecule has 1 aliphatic rings. The van der Waals surface area contributed by atoms with E-state index in [4.69, 9.17) is 14.2 Å². The Kier molecular flexibility index (Phi) is 11.7. The molecule has 2 heterocycles. The fourth-order valence-electron chi connectivity index (χ4n) is 6.71. The van der Waals surface area contributed by atoms with Crippen LogP contribution in [0.2, 0.25) is 0 Å². The molecule has 1 amide bonds. The standard InChI is InChI=1S/C41H47N5O7/c1-28-34(35(26-37(47)53-41(2,3)4)31-12-10-30-11-13-32(39(48)49)25-33(30)24-31)14-15-36-38(28)42-43-46(36)21-23-51-22-20-44-16-18-45(19-17-44)40(50)52-27-29-8-6-5-7-9-29/h5-15,24-25,35H,16-23,26-27H2,1-4H3,(H,48,49). The van der Waals surface area contributed by atoms with Gasteiger partial charge in [0.15, 0.2) is 0 Å². The van der Waals surface area contributed by atoms with Crippen LogP contribution in [0.3, 0.4) is 0 Å². The summed E-state index contributed by atoms with van der Waals surface area (Å²) < 4.78 is 19.0. The van der Waals surface area contributed by atoms with Gasteiger partial charge in [-0.25, -0.2) is 14.3 Å². The SMILES string of the molecule is Cc1c(C(CC(=O)OC(C)(C)C)c2ccc3ccc(C(=O)O)cc3c2)ccc2c1nnn2CCOCCN1CCN(C(=O)OCc2ccccc2)CC1. The molecule has 53 heavy (non-hydrogen) atoms. The second kappa shape index (κ2) is 16.6. The predicted molar refractivity (Wildman–Crippen MR) is 201 cm³/mol. The Labute approximate surface area is 309 Å². The van der Waals surface area contributed by atoms with Crippen molar-refractivity contribution in [2.24, 2.45) is 0 Å². The van der Waals surface area contributed by atoms with Gasteiger partial charge in [-0.05, 0) is 78.9 Å². The van der Waals surface area contributed by atoms with E-state index in [1.807, 2.05) is 93.0 Å². The first-order valence-electron chi connectivity index (χ1n) is 18.0. The Hall–Kier alpha value is -5.33. The van der Waals surface area contributed by atoms with E-state index in [2.05, 4.69) is 15.2 Å². The highest BCUT2D eigenvalue weighted by Gasteiger charge is 2.26. The molecule has 1 aliphatic heterocycles. The minimum Gasteiger partial charge on any atom is -0.478 e. The summed E-state index contributed by atoms with van der Waals surface area (Å²) in [6, 6.07) is 24.6. The van der Waals surface area contributed by atoms with Gasteiger partial charge in [-0.15, -0.1) is 5.10 Å². The zero-order chi connectivity index (χ0) is 37.5. The number of piperazine rings is 1. The van der Waals surface area contributed by atoms with Crippen molar-refractivity contribution >= 4 is 39.8 Å². The minimum atomic E-state index is -0.994. The molecule has 1 atom stereocenters. The van der Waals surface area contributed by atoms with Crippen molar-refractivity contribution in [2.75, 3.05) is 45.9 Å². The molecule has 5 aromatic rings. The fourth-order valence-corrected chi connectivity index (χ4v) is 6.71. The highest BCUT2D eigenvalue weighted by molar-refractivity contribution is 5.94. The molecular weight excluding hydrogens is 674 g/mol. The molecule has 0 aliphatic carbocycles.